The summed E-state index contributed by atoms with van der Waals surface area (Å²) < 4.78 is 9.98. The summed E-state index contributed by atoms with van der Waals surface area (Å²) in [5, 5.41) is 11.8. The molecule has 18 heavy (non-hydrogen) atoms. The summed E-state index contributed by atoms with van der Waals surface area (Å²) in [6.07, 6.45) is 0. The fourth-order valence-corrected chi connectivity index (χ4v) is 1.07. The number of ether oxygens (including phenoxy) is 2. The molecule has 2 N–H and O–H groups in total. The molecule has 100 valence electrons. The van der Waals surface area contributed by atoms with Gasteiger partial charge in [-0.05, 0) is 13.8 Å². The number of anilines is 1. The van der Waals surface area contributed by atoms with Crippen LogP contribution in [0.2, 0.25) is 0 Å². The fraction of sp³-hybridized carbons (Fsp3) is 0.545. The van der Waals surface area contributed by atoms with Gasteiger partial charge in [-0.25, -0.2) is 0 Å². The number of nitrogens with one attached hydrogen (secondary N) is 1. The molecule has 0 amide bonds. The predicted molar refractivity (Wildman–Crippen MR) is 65.0 cm³/mol. The molecule has 0 spiro atoms. The minimum absolute atomic E-state index is 0.193. The van der Waals surface area contributed by atoms with Crippen molar-refractivity contribution in [3.8, 4) is 11.8 Å². The monoisotopic (exact) mass is 255 g/mol. The van der Waals surface area contributed by atoms with Crippen LogP contribution in [0, 0.1) is 5.41 Å². The van der Waals surface area contributed by atoms with E-state index in [0.29, 0.717) is 11.8 Å². The third kappa shape index (κ3) is 3.47. The highest BCUT2D eigenvalue weighted by atomic mass is 16.5. The molecule has 0 fully saturated rings. The van der Waals surface area contributed by atoms with Crippen molar-refractivity contribution in [2.24, 2.45) is 5.41 Å². The summed E-state index contributed by atoms with van der Waals surface area (Å²) in [6, 6.07) is 1.54. The Balaban J connectivity index is 2.81. The van der Waals surface area contributed by atoms with Crippen LogP contribution in [0.3, 0.4) is 0 Å². The quantitative estimate of drug-likeness (QED) is 0.783. The molecule has 0 aliphatic carbocycles. The van der Waals surface area contributed by atoms with Crippen LogP contribution in [0.5, 0.6) is 11.8 Å². The van der Waals surface area contributed by atoms with E-state index in [4.69, 9.17) is 14.6 Å². The van der Waals surface area contributed by atoms with Gasteiger partial charge in [0, 0.05) is 6.54 Å². The first kappa shape index (κ1) is 14.0. The Kier molecular flexibility index (Phi) is 4.30. The molecule has 0 unspecified atom stereocenters. The molecule has 0 aliphatic rings. The molecule has 1 aromatic heterocycles. The van der Waals surface area contributed by atoms with Gasteiger partial charge in [0.25, 0.3) is 0 Å². The van der Waals surface area contributed by atoms with E-state index < -0.39 is 11.4 Å². The number of carboxylic acid groups (broad SMARTS) is 1. The maximum atomic E-state index is 11.0. The van der Waals surface area contributed by atoms with Crippen LogP contribution in [0.1, 0.15) is 13.8 Å². The molecule has 1 aromatic rings. The lowest BCUT2D eigenvalue weighted by Crippen LogP contribution is -2.32. The average molecular weight is 255 g/mol. The van der Waals surface area contributed by atoms with Crippen LogP contribution >= 0.6 is 0 Å². The normalized spacial score (nSPS) is 10.9. The fourth-order valence-electron chi connectivity index (χ4n) is 1.07. The molecule has 7 nitrogen and oxygen atoms in total. The van der Waals surface area contributed by atoms with E-state index in [9.17, 15) is 4.79 Å². The Morgan fingerprint density at radius 2 is 1.83 bits per heavy atom. The molecule has 0 bridgehead atoms. The Morgan fingerprint density at radius 1 is 1.33 bits per heavy atom. The van der Waals surface area contributed by atoms with Gasteiger partial charge in [0.15, 0.2) is 0 Å². The van der Waals surface area contributed by atoms with Gasteiger partial charge in [-0.2, -0.15) is 9.97 Å². The lowest BCUT2D eigenvalue weighted by atomic mass is 9.94. The summed E-state index contributed by atoms with van der Waals surface area (Å²) >= 11 is 0. The van der Waals surface area contributed by atoms with Crippen LogP contribution in [0.15, 0.2) is 6.07 Å². The molecule has 0 aromatic carbocycles. The maximum Gasteiger partial charge on any atom is 0.310 e. The zero-order valence-corrected chi connectivity index (χ0v) is 10.9. The van der Waals surface area contributed by atoms with Gasteiger partial charge in [-0.3, -0.25) is 4.79 Å². The van der Waals surface area contributed by atoms with Gasteiger partial charge in [0.1, 0.15) is 0 Å². The number of hydrogen-bond donors (Lipinski definition) is 2. The summed E-state index contributed by atoms with van der Waals surface area (Å²) in [5.41, 5.74) is -0.917. The Labute approximate surface area is 105 Å². The van der Waals surface area contributed by atoms with Crippen LogP contribution in [-0.2, 0) is 4.79 Å². The van der Waals surface area contributed by atoms with Gasteiger partial charge < -0.3 is 19.9 Å². The van der Waals surface area contributed by atoms with Crippen molar-refractivity contribution in [3.63, 3.8) is 0 Å². The molecule has 0 atom stereocenters. The van der Waals surface area contributed by atoms with E-state index in [-0.39, 0.29) is 12.5 Å². The number of rotatable bonds is 6. The first-order valence-electron chi connectivity index (χ1n) is 5.33. The molecular formula is C11H17N3O4. The summed E-state index contributed by atoms with van der Waals surface area (Å²) in [6.45, 7) is 3.41. The second-order valence-electron chi connectivity index (χ2n) is 4.32. The topological polar surface area (TPSA) is 93.6 Å². The highest BCUT2D eigenvalue weighted by Gasteiger charge is 2.27. The molecule has 0 aliphatic heterocycles. The van der Waals surface area contributed by atoms with Crippen molar-refractivity contribution < 1.29 is 19.4 Å². The zero-order chi connectivity index (χ0) is 13.8. The van der Waals surface area contributed by atoms with Crippen LogP contribution < -0.4 is 14.8 Å². The lowest BCUT2D eigenvalue weighted by molar-refractivity contribution is -0.146. The zero-order valence-electron chi connectivity index (χ0n) is 10.9. The molecule has 1 rings (SSSR count). The Bertz CT molecular complexity index is 412. The minimum Gasteiger partial charge on any atom is -0.481 e. The van der Waals surface area contributed by atoms with E-state index in [1.165, 1.54) is 20.3 Å². The van der Waals surface area contributed by atoms with Crippen molar-refractivity contribution in [1.82, 2.24) is 9.97 Å². The van der Waals surface area contributed by atoms with Gasteiger partial charge in [-0.15, -0.1) is 0 Å². The van der Waals surface area contributed by atoms with Crippen LogP contribution in [0.4, 0.5) is 5.95 Å². The van der Waals surface area contributed by atoms with E-state index in [2.05, 4.69) is 15.3 Å². The van der Waals surface area contributed by atoms with Gasteiger partial charge in [-0.1, -0.05) is 0 Å². The van der Waals surface area contributed by atoms with Crippen molar-refractivity contribution in [1.29, 1.82) is 0 Å². The third-order valence-electron chi connectivity index (χ3n) is 2.36. The van der Waals surface area contributed by atoms with Crippen molar-refractivity contribution in [3.05, 3.63) is 6.07 Å². The SMILES string of the molecule is COc1cc(OC)nc(NCC(C)(C)C(=O)O)n1. The maximum absolute atomic E-state index is 11.0. The molecule has 0 saturated heterocycles. The first-order chi connectivity index (χ1) is 8.39. The largest absolute Gasteiger partial charge is 0.481 e. The first-order valence-corrected chi connectivity index (χ1v) is 5.33. The second-order valence-corrected chi connectivity index (χ2v) is 4.32. The molecule has 1 heterocycles. The minimum atomic E-state index is -0.917. The van der Waals surface area contributed by atoms with E-state index in [0.717, 1.165) is 0 Å². The molecule has 7 heteroatoms. The van der Waals surface area contributed by atoms with Gasteiger partial charge in [0.05, 0.1) is 25.7 Å². The van der Waals surface area contributed by atoms with Crippen LogP contribution in [-0.4, -0.2) is 41.8 Å². The number of carbonyl (C=O) groups is 1. The number of carboxylic acids is 1. The van der Waals surface area contributed by atoms with E-state index in [1.807, 2.05) is 0 Å². The standard InChI is InChI=1S/C11H17N3O4/c1-11(2,9(15)16)6-12-10-13-7(17-3)5-8(14-10)18-4/h5H,6H2,1-4H3,(H,15,16)(H,12,13,14). The van der Waals surface area contributed by atoms with Gasteiger partial charge >= 0.3 is 5.97 Å². The number of aromatic nitrogens is 2. The van der Waals surface area contributed by atoms with Crippen molar-refractivity contribution >= 4 is 11.9 Å². The number of nitrogens with zero attached hydrogens (tertiary/aromatic N) is 2. The lowest BCUT2D eigenvalue weighted by Gasteiger charge is -2.19. The van der Waals surface area contributed by atoms with E-state index >= 15 is 0 Å². The number of hydrogen-bond acceptors (Lipinski definition) is 6. The average Bonchev–Trinajstić information content (AvgIpc) is 2.35. The van der Waals surface area contributed by atoms with Crippen LogP contribution in [0.25, 0.3) is 0 Å². The molecule has 0 saturated carbocycles. The Morgan fingerprint density at radius 3 is 2.22 bits per heavy atom. The van der Waals surface area contributed by atoms with Gasteiger partial charge in [0.2, 0.25) is 17.7 Å². The van der Waals surface area contributed by atoms with Crippen molar-refractivity contribution in [2.45, 2.75) is 13.8 Å². The summed E-state index contributed by atoms with van der Waals surface area (Å²) in [5.74, 6) is 0.0559. The number of aliphatic carboxylic acids is 1. The van der Waals surface area contributed by atoms with E-state index in [1.54, 1.807) is 13.8 Å². The molecule has 0 radical (unpaired) electrons. The smallest absolute Gasteiger partial charge is 0.310 e. The summed E-state index contributed by atoms with van der Waals surface area (Å²) in [4.78, 5) is 19.0. The Hall–Kier alpha value is -2.05. The highest BCUT2D eigenvalue weighted by Crippen LogP contribution is 2.20. The van der Waals surface area contributed by atoms with Crippen molar-refractivity contribution in [2.75, 3.05) is 26.1 Å². The second kappa shape index (κ2) is 5.52. The predicted octanol–water partition coefficient (Wildman–Crippen LogP) is 1.02. The third-order valence-corrected chi connectivity index (χ3v) is 2.36. The highest BCUT2D eigenvalue weighted by molar-refractivity contribution is 5.74. The molecular weight excluding hydrogens is 238 g/mol. The number of methoxy groups -OCH3 is 2. The summed E-state index contributed by atoms with van der Waals surface area (Å²) in [7, 11) is 2.96.